The Morgan fingerprint density at radius 3 is 2.65 bits per heavy atom. The van der Waals surface area contributed by atoms with Gasteiger partial charge in [0, 0.05) is 10.2 Å². The number of ether oxygens (including phenoxy) is 1. The summed E-state index contributed by atoms with van der Waals surface area (Å²) in [6.45, 7) is 6.46. The van der Waals surface area contributed by atoms with E-state index >= 15 is 0 Å². The van der Waals surface area contributed by atoms with Crippen LogP contribution in [0.15, 0.2) is 28.7 Å². The Hall–Kier alpha value is -1.13. The van der Waals surface area contributed by atoms with Crippen molar-refractivity contribution < 1.29 is 4.74 Å². The molecule has 0 aliphatic heterocycles. The first kappa shape index (κ1) is 15.3. The first-order valence-electron chi connectivity index (χ1n) is 6.38. The predicted molar refractivity (Wildman–Crippen MR) is 84.3 cm³/mol. The Labute approximate surface area is 132 Å². The molecule has 0 unspecified atom stereocenters. The van der Waals surface area contributed by atoms with Crippen LogP contribution >= 0.6 is 27.5 Å². The maximum atomic E-state index is 5.92. The molecule has 0 radical (unpaired) electrons. The molecule has 1 heterocycles. The second-order valence-corrected chi connectivity index (χ2v) is 6.18. The van der Waals surface area contributed by atoms with Gasteiger partial charge in [-0.15, -0.1) is 0 Å². The van der Waals surface area contributed by atoms with Gasteiger partial charge in [0.2, 0.25) is 0 Å². The summed E-state index contributed by atoms with van der Waals surface area (Å²) in [4.78, 5) is 8.47. The summed E-state index contributed by atoms with van der Waals surface area (Å²) in [5.74, 6) is 1.82. The average molecular weight is 356 g/mol. The van der Waals surface area contributed by atoms with E-state index in [0.717, 1.165) is 21.5 Å². The zero-order valence-electron chi connectivity index (χ0n) is 11.7. The van der Waals surface area contributed by atoms with Crippen LogP contribution in [0.25, 0.3) is 0 Å². The molecule has 0 spiro atoms. The number of benzene rings is 1. The topological polar surface area (TPSA) is 35.0 Å². The minimum Gasteiger partial charge on any atom is -0.485 e. The molecule has 106 valence electrons. The molecule has 1 aromatic carbocycles. The largest absolute Gasteiger partial charge is 0.485 e. The molecular formula is C15H16BrClN2O. The van der Waals surface area contributed by atoms with Gasteiger partial charge in [0.1, 0.15) is 17.5 Å². The monoisotopic (exact) mass is 354 g/mol. The van der Waals surface area contributed by atoms with Crippen LogP contribution in [0.2, 0.25) is 5.15 Å². The van der Waals surface area contributed by atoms with E-state index in [1.165, 1.54) is 0 Å². The molecule has 3 nitrogen and oxygen atoms in total. The van der Waals surface area contributed by atoms with Crippen molar-refractivity contribution in [2.24, 2.45) is 0 Å². The van der Waals surface area contributed by atoms with Crippen molar-refractivity contribution in [2.75, 3.05) is 0 Å². The van der Waals surface area contributed by atoms with Crippen LogP contribution in [0.4, 0.5) is 0 Å². The molecule has 0 aliphatic carbocycles. The van der Waals surface area contributed by atoms with Gasteiger partial charge in [0.15, 0.2) is 5.82 Å². The van der Waals surface area contributed by atoms with Gasteiger partial charge in [-0.3, -0.25) is 0 Å². The van der Waals surface area contributed by atoms with Gasteiger partial charge < -0.3 is 4.74 Å². The van der Waals surface area contributed by atoms with Gasteiger partial charge in [0.05, 0.1) is 0 Å². The van der Waals surface area contributed by atoms with Crippen LogP contribution in [0.1, 0.15) is 36.8 Å². The smallest absolute Gasteiger partial charge is 0.167 e. The van der Waals surface area contributed by atoms with Crippen molar-refractivity contribution in [2.45, 2.75) is 33.3 Å². The predicted octanol–water partition coefficient (Wildman–Crippen LogP) is 4.90. The Kier molecular flexibility index (Phi) is 5.00. The number of halogens is 2. The fourth-order valence-electron chi connectivity index (χ4n) is 1.90. The molecule has 2 aromatic rings. The Balaban J connectivity index is 2.18. The Bertz CT molecular complexity index is 597. The molecule has 5 heteroatoms. The Morgan fingerprint density at radius 1 is 1.25 bits per heavy atom. The number of hydrogen-bond acceptors (Lipinski definition) is 3. The lowest BCUT2D eigenvalue weighted by molar-refractivity contribution is 0.291. The van der Waals surface area contributed by atoms with Crippen molar-refractivity contribution in [3.63, 3.8) is 0 Å². The third-order valence-electron chi connectivity index (χ3n) is 2.82. The summed E-state index contributed by atoms with van der Waals surface area (Å²) >= 11 is 9.40. The summed E-state index contributed by atoms with van der Waals surface area (Å²) in [6, 6.07) is 7.72. The van der Waals surface area contributed by atoms with E-state index in [1.54, 1.807) is 6.07 Å². The van der Waals surface area contributed by atoms with E-state index < -0.39 is 0 Å². The third kappa shape index (κ3) is 3.93. The zero-order valence-corrected chi connectivity index (χ0v) is 14.0. The van der Waals surface area contributed by atoms with Crippen LogP contribution in [-0.4, -0.2) is 9.97 Å². The Morgan fingerprint density at radius 2 is 2.00 bits per heavy atom. The number of nitrogens with zero attached hydrogens (tertiary/aromatic N) is 2. The van der Waals surface area contributed by atoms with E-state index in [-0.39, 0.29) is 0 Å². The second kappa shape index (κ2) is 6.55. The maximum Gasteiger partial charge on any atom is 0.167 e. The average Bonchev–Trinajstić information content (AvgIpc) is 2.36. The molecule has 0 saturated carbocycles. The fourth-order valence-corrected chi connectivity index (χ4v) is 2.53. The molecule has 0 amide bonds. The van der Waals surface area contributed by atoms with Crippen LogP contribution in [0.3, 0.4) is 0 Å². The van der Waals surface area contributed by atoms with E-state index in [9.17, 15) is 0 Å². The van der Waals surface area contributed by atoms with Gasteiger partial charge in [-0.25, -0.2) is 9.97 Å². The van der Waals surface area contributed by atoms with Gasteiger partial charge >= 0.3 is 0 Å². The van der Waals surface area contributed by atoms with E-state index in [1.807, 2.05) is 19.1 Å². The van der Waals surface area contributed by atoms with Gasteiger partial charge in [0.25, 0.3) is 0 Å². The summed E-state index contributed by atoms with van der Waals surface area (Å²) in [5, 5.41) is 0.441. The van der Waals surface area contributed by atoms with E-state index in [0.29, 0.717) is 23.5 Å². The molecular weight excluding hydrogens is 340 g/mol. The van der Waals surface area contributed by atoms with Gasteiger partial charge in [-0.1, -0.05) is 41.4 Å². The van der Waals surface area contributed by atoms with E-state index in [2.05, 4.69) is 45.8 Å². The first-order valence-corrected chi connectivity index (χ1v) is 7.55. The summed E-state index contributed by atoms with van der Waals surface area (Å²) in [6.07, 6.45) is 0. The summed E-state index contributed by atoms with van der Waals surface area (Å²) in [7, 11) is 0. The van der Waals surface area contributed by atoms with Crippen molar-refractivity contribution >= 4 is 27.5 Å². The molecule has 2 rings (SSSR count). The normalized spacial score (nSPS) is 10.9. The SMILES string of the molecule is Cc1cc(Cl)nc(COc2ccc(Br)cc2C(C)C)n1. The van der Waals surface area contributed by atoms with E-state index in [4.69, 9.17) is 16.3 Å². The van der Waals surface area contributed by atoms with Crippen molar-refractivity contribution in [1.82, 2.24) is 9.97 Å². The molecule has 0 saturated heterocycles. The van der Waals surface area contributed by atoms with Crippen molar-refractivity contribution in [3.8, 4) is 5.75 Å². The molecule has 0 N–H and O–H groups in total. The zero-order chi connectivity index (χ0) is 14.7. The maximum absolute atomic E-state index is 5.92. The molecule has 0 atom stereocenters. The number of aryl methyl sites for hydroxylation is 1. The fraction of sp³-hybridized carbons (Fsp3) is 0.333. The third-order valence-corrected chi connectivity index (χ3v) is 3.51. The highest BCUT2D eigenvalue weighted by atomic mass is 79.9. The molecule has 20 heavy (non-hydrogen) atoms. The number of aromatic nitrogens is 2. The molecule has 0 bridgehead atoms. The first-order chi connectivity index (χ1) is 9.45. The highest BCUT2D eigenvalue weighted by Gasteiger charge is 2.10. The van der Waals surface area contributed by atoms with Gasteiger partial charge in [-0.05, 0) is 42.7 Å². The molecule has 0 aliphatic rings. The lowest BCUT2D eigenvalue weighted by atomic mass is 10.0. The standard InChI is InChI=1S/C15H16BrClN2O/c1-9(2)12-7-11(16)4-5-13(12)20-8-15-18-10(3)6-14(17)19-15/h4-7,9H,8H2,1-3H3. The van der Waals surface area contributed by atoms with Crippen molar-refractivity contribution in [1.29, 1.82) is 0 Å². The number of hydrogen-bond donors (Lipinski definition) is 0. The highest BCUT2D eigenvalue weighted by Crippen LogP contribution is 2.30. The summed E-state index contributed by atoms with van der Waals surface area (Å²) in [5.41, 5.74) is 1.99. The quantitative estimate of drug-likeness (QED) is 0.731. The van der Waals surface area contributed by atoms with Crippen LogP contribution in [0.5, 0.6) is 5.75 Å². The summed E-state index contributed by atoms with van der Waals surface area (Å²) < 4.78 is 6.89. The minimum atomic E-state index is 0.308. The van der Waals surface area contributed by atoms with Crippen LogP contribution in [0, 0.1) is 6.92 Å². The van der Waals surface area contributed by atoms with Crippen LogP contribution in [-0.2, 0) is 6.61 Å². The second-order valence-electron chi connectivity index (χ2n) is 4.87. The molecule has 0 fully saturated rings. The van der Waals surface area contributed by atoms with Crippen LogP contribution < -0.4 is 4.74 Å². The lowest BCUT2D eigenvalue weighted by Crippen LogP contribution is -2.05. The lowest BCUT2D eigenvalue weighted by Gasteiger charge is -2.14. The number of rotatable bonds is 4. The molecule has 1 aromatic heterocycles. The van der Waals surface area contributed by atoms with Crippen molar-refractivity contribution in [3.05, 3.63) is 51.0 Å². The van der Waals surface area contributed by atoms with Gasteiger partial charge in [-0.2, -0.15) is 0 Å². The highest BCUT2D eigenvalue weighted by molar-refractivity contribution is 9.10. The minimum absolute atomic E-state index is 0.308.